The monoisotopic (exact) mass is 353 g/mol. The molecule has 0 aliphatic heterocycles. The lowest BCUT2D eigenvalue weighted by atomic mass is 10.2. The van der Waals surface area contributed by atoms with Crippen molar-refractivity contribution in [3.05, 3.63) is 63.7 Å². The Kier molecular flexibility index (Phi) is 5.26. The number of nitrogens with one attached hydrogen (secondary N) is 2. The summed E-state index contributed by atoms with van der Waals surface area (Å²) in [4.78, 5) is 22.1. The van der Waals surface area contributed by atoms with Gasteiger partial charge in [-0.25, -0.2) is 0 Å². The third kappa shape index (κ3) is 4.93. The predicted octanol–water partition coefficient (Wildman–Crippen LogP) is 3.97. The van der Waals surface area contributed by atoms with Gasteiger partial charge >= 0.3 is 6.18 Å². The molecule has 2 aromatic carbocycles. The Labute approximate surface area is 140 Å². The smallest absolute Gasteiger partial charge is 0.376 e. The molecule has 0 aliphatic carbocycles. The molecule has 6 nitrogen and oxygen atoms in total. The molecule has 2 N–H and O–H groups in total. The van der Waals surface area contributed by atoms with Crippen LogP contribution in [0.4, 0.5) is 30.2 Å². The number of rotatable bonds is 5. The third-order valence-corrected chi connectivity index (χ3v) is 3.37. The van der Waals surface area contributed by atoms with Crippen LogP contribution in [0.5, 0.6) is 0 Å². The Hall–Kier alpha value is -3.10. The first-order valence-corrected chi connectivity index (χ1v) is 7.13. The van der Waals surface area contributed by atoms with Crippen molar-refractivity contribution in [2.75, 3.05) is 17.2 Å². The second-order valence-corrected chi connectivity index (χ2v) is 5.23. The fourth-order valence-corrected chi connectivity index (χ4v) is 2.04. The molecule has 0 bridgehead atoms. The number of hydrogen-bond acceptors (Lipinski definition) is 4. The summed E-state index contributed by atoms with van der Waals surface area (Å²) in [5.41, 5.74) is 0.437. The Morgan fingerprint density at radius 2 is 1.80 bits per heavy atom. The van der Waals surface area contributed by atoms with Crippen molar-refractivity contribution in [1.29, 1.82) is 0 Å². The SMILES string of the molecule is Cc1ccc([N+](=O)[O-])cc1NCC(=O)Nc1ccc(C(F)(F)F)cc1. The minimum absolute atomic E-state index is 0.115. The van der Waals surface area contributed by atoms with Crippen LogP contribution in [0.2, 0.25) is 0 Å². The van der Waals surface area contributed by atoms with Crippen molar-refractivity contribution in [3.8, 4) is 0 Å². The number of nitrogens with zero attached hydrogens (tertiary/aromatic N) is 1. The number of anilines is 2. The van der Waals surface area contributed by atoms with Gasteiger partial charge in [-0.15, -0.1) is 0 Å². The van der Waals surface area contributed by atoms with E-state index >= 15 is 0 Å². The number of hydrogen-bond donors (Lipinski definition) is 2. The summed E-state index contributed by atoms with van der Waals surface area (Å²) in [6.07, 6.45) is -4.44. The number of alkyl halides is 3. The van der Waals surface area contributed by atoms with E-state index in [2.05, 4.69) is 10.6 Å². The third-order valence-electron chi connectivity index (χ3n) is 3.37. The standard InChI is InChI=1S/C16H14F3N3O3/c1-10-2-7-13(22(24)25)8-14(10)20-9-15(23)21-12-5-3-11(4-6-12)16(17,18)19/h2-8,20H,9H2,1H3,(H,21,23). The second kappa shape index (κ2) is 7.20. The van der Waals surface area contributed by atoms with Crippen LogP contribution in [0.1, 0.15) is 11.1 Å². The molecule has 0 spiro atoms. The first-order valence-electron chi connectivity index (χ1n) is 7.13. The lowest BCUT2D eigenvalue weighted by molar-refractivity contribution is -0.384. The highest BCUT2D eigenvalue weighted by atomic mass is 19.4. The van der Waals surface area contributed by atoms with Crippen LogP contribution in [0.15, 0.2) is 42.5 Å². The van der Waals surface area contributed by atoms with Crippen LogP contribution in [0.3, 0.4) is 0 Å². The van der Waals surface area contributed by atoms with Crippen LogP contribution >= 0.6 is 0 Å². The molecule has 0 saturated heterocycles. The average molecular weight is 353 g/mol. The second-order valence-electron chi connectivity index (χ2n) is 5.23. The van der Waals surface area contributed by atoms with Crippen LogP contribution in [0.25, 0.3) is 0 Å². The lowest BCUT2D eigenvalue weighted by Gasteiger charge is -2.11. The molecular weight excluding hydrogens is 339 g/mol. The molecule has 0 heterocycles. The highest BCUT2D eigenvalue weighted by Gasteiger charge is 2.29. The Morgan fingerprint density at radius 3 is 2.36 bits per heavy atom. The van der Waals surface area contributed by atoms with Crippen LogP contribution in [-0.4, -0.2) is 17.4 Å². The van der Waals surface area contributed by atoms with Gasteiger partial charge in [0.05, 0.1) is 17.0 Å². The number of amides is 1. The number of halogens is 3. The number of nitro groups is 1. The summed E-state index contributed by atoms with van der Waals surface area (Å²) in [6, 6.07) is 8.25. The molecule has 0 saturated carbocycles. The zero-order chi connectivity index (χ0) is 18.6. The van der Waals surface area contributed by atoms with E-state index in [1.807, 2.05) is 0 Å². The molecule has 2 aromatic rings. The van der Waals surface area contributed by atoms with Gasteiger partial charge < -0.3 is 10.6 Å². The van der Waals surface area contributed by atoms with Gasteiger partial charge in [0.25, 0.3) is 5.69 Å². The molecule has 25 heavy (non-hydrogen) atoms. The van der Waals surface area contributed by atoms with E-state index in [9.17, 15) is 28.1 Å². The minimum Gasteiger partial charge on any atom is -0.376 e. The van der Waals surface area contributed by atoms with E-state index in [-0.39, 0.29) is 17.9 Å². The Balaban J connectivity index is 1.97. The van der Waals surface area contributed by atoms with E-state index in [1.54, 1.807) is 13.0 Å². The molecule has 0 unspecified atom stereocenters. The topological polar surface area (TPSA) is 84.3 Å². The van der Waals surface area contributed by atoms with Gasteiger partial charge in [-0.3, -0.25) is 14.9 Å². The van der Waals surface area contributed by atoms with Gasteiger partial charge in [-0.05, 0) is 36.8 Å². The van der Waals surface area contributed by atoms with E-state index < -0.39 is 22.6 Å². The molecule has 0 fully saturated rings. The minimum atomic E-state index is -4.44. The summed E-state index contributed by atoms with van der Waals surface area (Å²) >= 11 is 0. The van der Waals surface area contributed by atoms with Crippen molar-refractivity contribution in [2.45, 2.75) is 13.1 Å². The maximum Gasteiger partial charge on any atom is 0.416 e. The number of aryl methyl sites for hydroxylation is 1. The van der Waals surface area contributed by atoms with Crippen molar-refractivity contribution in [2.24, 2.45) is 0 Å². The maximum absolute atomic E-state index is 12.5. The fraction of sp³-hybridized carbons (Fsp3) is 0.188. The van der Waals surface area contributed by atoms with Gasteiger partial charge in [0.15, 0.2) is 0 Å². The highest BCUT2D eigenvalue weighted by Crippen LogP contribution is 2.29. The number of benzene rings is 2. The maximum atomic E-state index is 12.5. The van der Waals surface area contributed by atoms with E-state index in [4.69, 9.17) is 0 Å². The van der Waals surface area contributed by atoms with Gasteiger partial charge in [0.1, 0.15) is 0 Å². The normalized spacial score (nSPS) is 11.0. The van der Waals surface area contributed by atoms with Crippen molar-refractivity contribution >= 4 is 23.0 Å². The molecule has 9 heteroatoms. The number of nitro benzene ring substituents is 1. The number of non-ortho nitro benzene ring substituents is 1. The van der Waals surface area contributed by atoms with Crippen molar-refractivity contribution < 1.29 is 22.9 Å². The number of carbonyl (C=O) groups is 1. The summed E-state index contributed by atoms with van der Waals surface area (Å²) in [6.45, 7) is 1.53. The first-order chi connectivity index (χ1) is 11.7. The van der Waals surface area contributed by atoms with Crippen LogP contribution in [-0.2, 0) is 11.0 Å². The molecule has 0 radical (unpaired) electrons. The van der Waals surface area contributed by atoms with Crippen molar-refractivity contribution in [3.63, 3.8) is 0 Å². The fourth-order valence-electron chi connectivity index (χ4n) is 2.04. The zero-order valence-electron chi connectivity index (χ0n) is 13.1. The average Bonchev–Trinajstić information content (AvgIpc) is 2.53. The van der Waals surface area contributed by atoms with Crippen LogP contribution in [0, 0.1) is 17.0 Å². The lowest BCUT2D eigenvalue weighted by Crippen LogP contribution is -2.22. The van der Waals surface area contributed by atoms with Gasteiger partial charge in [0.2, 0.25) is 5.91 Å². The number of carbonyl (C=O) groups excluding carboxylic acids is 1. The first kappa shape index (κ1) is 18.2. The summed E-state index contributed by atoms with van der Waals surface area (Å²) in [7, 11) is 0. The molecular formula is C16H14F3N3O3. The van der Waals surface area contributed by atoms with E-state index in [0.29, 0.717) is 11.3 Å². The molecule has 2 rings (SSSR count). The van der Waals surface area contributed by atoms with Crippen molar-refractivity contribution in [1.82, 2.24) is 0 Å². The molecule has 1 amide bonds. The van der Waals surface area contributed by atoms with E-state index in [0.717, 1.165) is 24.3 Å². The Morgan fingerprint density at radius 1 is 1.16 bits per heavy atom. The summed E-state index contributed by atoms with van der Waals surface area (Å²) in [5, 5.41) is 16.0. The molecule has 132 valence electrons. The zero-order valence-corrected chi connectivity index (χ0v) is 13.1. The summed E-state index contributed by atoms with van der Waals surface area (Å²) in [5.74, 6) is -0.495. The quantitative estimate of drug-likeness (QED) is 0.629. The molecule has 0 atom stereocenters. The van der Waals surface area contributed by atoms with Gasteiger partial charge in [-0.1, -0.05) is 6.07 Å². The van der Waals surface area contributed by atoms with Gasteiger partial charge in [-0.2, -0.15) is 13.2 Å². The van der Waals surface area contributed by atoms with Gasteiger partial charge in [0, 0.05) is 23.5 Å². The van der Waals surface area contributed by atoms with Crippen LogP contribution < -0.4 is 10.6 Å². The molecule has 0 aliphatic rings. The molecule has 0 aromatic heterocycles. The summed E-state index contributed by atoms with van der Waals surface area (Å²) < 4.78 is 37.4. The predicted molar refractivity (Wildman–Crippen MR) is 86.4 cm³/mol. The Bertz CT molecular complexity index is 789. The van der Waals surface area contributed by atoms with E-state index in [1.165, 1.54) is 12.1 Å². The highest BCUT2D eigenvalue weighted by molar-refractivity contribution is 5.93. The largest absolute Gasteiger partial charge is 0.416 e.